The summed E-state index contributed by atoms with van der Waals surface area (Å²) in [6.07, 6.45) is -10.2. The summed E-state index contributed by atoms with van der Waals surface area (Å²) >= 11 is 0. The number of rotatable bonds is 5. The van der Waals surface area contributed by atoms with E-state index >= 15 is 0 Å². The van der Waals surface area contributed by atoms with E-state index in [0.29, 0.717) is 11.6 Å². The molecule has 0 radical (unpaired) electrons. The van der Waals surface area contributed by atoms with Gasteiger partial charge in [-0.25, -0.2) is 4.98 Å². The highest BCUT2D eigenvalue weighted by Crippen LogP contribution is 2.46. The van der Waals surface area contributed by atoms with Gasteiger partial charge in [0.2, 0.25) is 0 Å². The summed E-state index contributed by atoms with van der Waals surface area (Å²) in [7, 11) is 0. The maximum atomic E-state index is 14.8. The Hall–Kier alpha value is -9.09. The number of fused-ring (bicyclic) bond motifs is 14. The monoisotopic (exact) mass is 951 g/mol. The van der Waals surface area contributed by atoms with E-state index < -0.39 is 23.5 Å². The molecule has 0 atom stereocenters. The first-order chi connectivity index (χ1) is 35.0. The molecule has 5 heterocycles. The van der Waals surface area contributed by atoms with Gasteiger partial charge in [-0.05, 0) is 90.0 Å². The molecule has 14 aromatic rings. The van der Waals surface area contributed by atoms with Crippen LogP contribution in [0.1, 0.15) is 11.1 Å². The third-order valence-corrected chi connectivity index (χ3v) is 14.1. The Bertz CT molecular complexity index is 4250. The van der Waals surface area contributed by atoms with E-state index in [9.17, 15) is 26.3 Å². The van der Waals surface area contributed by atoms with Gasteiger partial charge in [0.05, 0.1) is 55.3 Å². The van der Waals surface area contributed by atoms with Crippen LogP contribution in [0.25, 0.3) is 121 Å². The fraction of sp³-hybridized carbons (Fsp3) is 0.0328. The molecule has 5 nitrogen and oxygen atoms in total. The van der Waals surface area contributed by atoms with Gasteiger partial charge >= 0.3 is 12.4 Å². The molecule has 5 aromatic heterocycles. The fourth-order valence-electron chi connectivity index (χ4n) is 11.2. The molecule has 0 fully saturated rings. The van der Waals surface area contributed by atoms with Crippen LogP contribution in [0.5, 0.6) is 0 Å². The number of hydrogen-bond donors (Lipinski definition) is 0. The molecule has 0 unspecified atom stereocenters. The molecule has 11 heteroatoms. The highest BCUT2D eigenvalue weighted by Gasteiger charge is 2.37. The third-order valence-electron chi connectivity index (χ3n) is 14.1. The van der Waals surface area contributed by atoms with Crippen molar-refractivity contribution in [3.05, 3.63) is 223 Å². The van der Waals surface area contributed by atoms with Gasteiger partial charge in [-0.2, -0.15) is 26.3 Å². The van der Waals surface area contributed by atoms with Crippen LogP contribution < -0.4 is 0 Å². The zero-order valence-corrected chi connectivity index (χ0v) is 37.7. The molecule has 72 heavy (non-hydrogen) atoms. The van der Waals surface area contributed by atoms with Gasteiger partial charge in [0.25, 0.3) is 0 Å². The Labute approximate surface area is 405 Å². The van der Waals surface area contributed by atoms with Crippen LogP contribution in [0.4, 0.5) is 26.3 Å². The molecule has 0 bridgehead atoms. The van der Waals surface area contributed by atoms with Crippen molar-refractivity contribution in [2.45, 2.75) is 12.4 Å². The van der Waals surface area contributed by atoms with Crippen LogP contribution in [0.3, 0.4) is 0 Å². The van der Waals surface area contributed by atoms with E-state index in [0.717, 1.165) is 111 Å². The van der Waals surface area contributed by atoms with E-state index in [-0.39, 0.29) is 17.2 Å². The Morgan fingerprint density at radius 2 is 0.569 bits per heavy atom. The van der Waals surface area contributed by atoms with Crippen molar-refractivity contribution >= 4 is 87.2 Å². The molecule has 0 saturated heterocycles. The van der Waals surface area contributed by atoms with Crippen molar-refractivity contribution in [1.82, 2.24) is 23.3 Å². The number of aromatic nitrogens is 5. The van der Waals surface area contributed by atoms with E-state index in [2.05, 4.69) is 57.7 Å². The maximum absolute atomic E-state index is 14.8. The highest BCUT2D eigenvalue weighted by molar-refractivity contribution is 6.25. The van der Waals surface area contributed by atoms with Crippen LogP contribution >= 0.6 is 0 Å². The molecule has 0 aliphatic heterocycles. The number of pyridine rings is 1. The predicted octanol–water partition coefficient (Wildman–Crippen LogP) is 17.2. The minimum Gasteiger partial charge on any atom is -0.307 e. The SMILES string of the molecule is FC(F)(F)c1cc(-c2cc(-n3c4ccccc4c4ccc5c6ccccc6n(-c6ccccc6)c5c43)nc(-n3c4ccccc4c4ccc5c6ccccc6n(-c6ccccc6)c5c43)c2)cc(C(F)(F)F)c1. The molecule has 0 amide bonds. The topological polar surface area (TPSA) is 32.6 Å². The second kappa shape index (κ2) is 15.2. The molecule has 0 N–H and O–H groups in total. The lowest BCUT2D eigenvalue weighted by atomic mass is 9.99. The van der Waals surface area contributed by atoms with Crippen LogP contribution in [0.2, 0.25) is 0 Å². The number of benzene rings is 9. The van der Waals surface area contributed by atoms with Crippen molar-refractivity contribution in [1.29, 1.82) is 0 Å². The zero-order chi connectivity index (χ0) is 48.6. The molecule has 9 aromatic carbocycles. The first-order valence-corrected chi connectivity index (χ1v) is 23.4. The van der Waals surface area contributed by atoms with Crippen molar-refractivity contribution in [2.75, 3.05) is 0 Å². The Balaban J connectivity index is 1.19. The van der Waals surface area contributed by atoms with Gasteiger partial charge in [0.15, 0.2) is 0 Å². The molecule has 14 rings (SSSR count). The summed E-state index contributed by atoms with van der Waals surface area (Å²) in [5.41, 5.74) is 5.46. The number of para-hydroxylation sites is 6. The third kappa shape index (κ3) is 6.13. The van der Waals surface area contributed by atoms with Gasteiger partial charge in [0.1, 0.15) is 11.6 Å². The van der Waals surface area contributed by atoms with Crippen LogP contribution in [-0.4, -0.2) is 23.3 Å². The molecule has 0 aliphatic rings. The Kier molecular flexibility index (Phi) is 8.84. The lowest BCUT2D eigenvalue weighted by Gasteiger charge is -2.18. The van der Waals surface area contributed by atoms with E-state index in [4.69, 9.17) is 4.98 Å². The summed E-state index contributed by atoms with van der Waals surface area (Å²) in [6.45, 7) is 0. The quantitative estimate of drug-likeness (QED) is 0.158. The summed E-state index contributed by atoms with van der Waals surface area (Å²) in [4.78, 5) is 5.58. The van der Waals surface area contributed by atoms with E-state index in [1.54, 1.807) is 12.1 Å². The van der Waals surface area contributed by atoms with E-state index in [1.807, 2.05) is 143 Å². The summed E-state index contributed by atoms with van der Waals surface area (Å²) in [5, 5.41) is 7.46. The minimum absolute atomic E-state index is 0.106. The number of halogens is 6. The van der Waals surface area contributed by atoms with Crippen LogP contribution in [0, 0.1) is 0 Å². The van der Waals surface area contributed by atoms with Crippen molar-refractivity contribution < 1.29 is 26.3 Å². The lowest BCUT2D eigenvalue weighted by Crippen LogP contribution is -2.11. The Morgan fingerprint density at radius 3 is 0.917 bits per heavy atom. The first-order valence-electron chi connectivity index (χ1n) is 23.4. The number of hydrogen-bond acceptors (Lipinski definition) is 1. The molecular weight excluding hydrogens is 917 g/mol. The second-order valence-corrected chi connectivity index (χ2v) is 18.2. The Morgan fingerprint density at radius 1 is 0.278 bits per heavy atom. The predicted molar refractivity (Wildman–Crippen MR) is 277 cm³/mol. The molecule has 0 spiro atoms. The van der Waals surface area contributed by atoms with Gasteiger partial charge in [-0.3, -0.25) is 9.13 Å². The molecule has 0 aliphatic carbocycles. The largest absolute Gasteiger partial charge is 0.416 e. The van der Waals surface area contributed by atoms with Gasteiger partial charge in [-0.15, -0.1) is 0 Å². The van der Waals surface area contributed by atoms with Crippen LogP contribution in [-0.2, 0) is 12.4 Å². The second-order valence-electron chi connectivity index (χ2n) is 18.2. The van der Waals surface area contributed by atoms with Crippen molar-refractivity contribution in [3.63, 3.8) is 0 Å². The normalized spacial score (nSPS) is 12.6. The zero-order valence-electron chi connectivity index (χ0n) is 37.7. The fourth-order valence-corrected chi connectivity index (χ4v) is 11.2. The summed E-state index contributed by atoms with van der Waals surface area (Å²) in [6, 6.07) is 65.4. The molecule has 0 saturated carbocycles. The minimum atomic E-state index is -5.08. The summed E-state index contributed by atoms with van der Waals surface area (Å²) in [5.74, 6) is 0.581. The van der Waals surface area contributed by atoms with Gasteiger partial charge in [0, 0.05) is 54.5 Å². The lowest BCUT2D eigenvalue weighted by molar-refractivity contribution is -0.143. The highest BCUT2D eigenvalue weighted by atomic mass is 19.4. The number of nitrogens with zero attached hydrogens (tertiary/aromatic N) is 5. The standard InChI is InChI=1S/C61H35F6N5/c62-60(63,64)38-31-36(32-39(35-38)61(65,66)67)37-33-54(71-52-25-13-9-21-44(52)48-29-27-46-42-19-7-11-23-50(42)69(56(46)58(48)71)40-15-3-1-4-16-40)68-55(34-37)72-53-26-14-10-22-45(53)49-30-28-47-43-20-8-12-24-51(43)70(57(47)59(49)72)41-17-5-2-6-18-41/h1-35H. The summed E-state index contributed by atoms with van der Waals surface area (Å²) < 4.78 is 97.2. The van der Waals surface area contributed by atoms with Gasteiger partial charge in [-0.1, -0.05) is 133 Å². The maximum Gasteiger partial charge on any atom is 0.416 e. The smallest absolute Gasteiger partial charge is 0.307 e. The average Bonchev–Trinajstić information content (AvgIpc) is 4.14. The molecule has 346 valence electrons. The molecular formula is C61H35F6N5. The van der Waals surface area contributed by atoms with Crippen LogP contribution in [0.15, 0.2) is 212 Å². The van der Waals surface area contributed by atoms with Gasteiger partial charge < -0.3 is 9.13 Å². The number of alkyl halides is 6. The first kappa shape index (κ1) is 41.8. The average molecular weight is 952 g/mol. The van der Waals surface area contributed by atoms with Crippen molar-refractivity contribution in [2.24, 2.45) is 0 Å². The van der Waals surface area contributed by atoms with E-state index in [1.165, 1.54) is 0 Å². The van der Waals surface area contributed by atoms with Crippen molar-refractivity contribution in [3.8, 4) is 34.1 Å².